The molecule has 0 spiro atoms. The van der Waals surface area contributed by atoms with Gasteiger partial charge in [-0.25, -0.2) is 4.98 Å². The molecule has 2 aromatic carbocycles. The van der Waals surface area contributed by atoms with Crippen molar-refractivity contribution in [3.8, 4) is 5.75 Å². The van der Waals surface area contributed by atoms with Gasteiger partial charge >= 0.3 is 0 Å². The third-order valence-electron chi connectivity index (χ3n) is 3.68. The molecule has 5 nitrogen and oxygen atoms in total. The molecule has 7 heteroatoms. The van der Waals surface area contributed by atoms with Crippen LogP contribution >= 0.6 is 22.9 Å². The quantitative estimate of drug-likeness (QED) is 0.666. The van der Waals surface area contributed by atoms with Crippen LogP contribution in [-0.2, 0) is 6.61 Å². The molecule has 0 saturated carbocycles. The minimum atomic E-state index is -0.207. The zero-order chi connectivity index (χ0) is 18.5. The summed E-state index contributed by atoms with van der Waals surface area (Å²) < 4.78 is 5.66. The summed E-state index contributed by atoms with van der Waals surface area (Å²) in [4.78, 5) is 18.6. The van der Waals surface area contributed by atoms with Gasteiger partial charge < -0.3 is 15.0 Å². The van der Waals surface area contributed by atoms with E-state index in [2.05, 4.69) is 10.3 Å². The molecule has 1 aromatic heterocycles. The van der Waals surface area contributed by atoms with Crippen LogP contribution in [0.15, 0.2) is 53.4 Å². The van der Waals surface area contributed by atoms with Crippen LogP contribution in [-0.4, -0.2) is 25.0 Å². The second kappa shape index (κ2) is 8.21. The number of nitrogens with zero attached hydrogens (tertiary/aromatic N) is 2. The van der Waals surface area contributed by atoms with Crippen LogP contribution in [0.4, 0.5) is 11.4 Å². The summed E-state index contributed by atoms with van der Waals surface area (Å²) in [5, 5.41) is 5.41. The van der Waals surface area contributed by atoms with Crippen LogP contribution in [0.2, 0.25) is 5.02 Å². The molecule has 0 bridgehead atoms. The van der Waals surface area contributed by atoms with E-state index in [1.807, 2.05) is 30.4 Å². The first-order valence-corrected chi connectivity index (χ1v) is 9.23. The Morgan fingerprint density at radius 2 is 2.00 bits per heavy atom. The molecular formula is C19H18ClN3O2S. The highest BCUT2D eigenvalue weighted by molar-refractivity contribution is 7.07. The minimum Gasteiger partial charge on any atom is -0.487 e. The average Bonchev–Trinajstić information content (AvgIpc) is 3.13. The number of rotatable bonds is 6. The molecule has 0 atom stereocenters. The number of nitrogens with one attached hydrogen (secondary N) is 1. The molecule has 0 fully saturated rings. The maximum Gasteiger partial charge on any atom is 0.255 e. The smallest absolute Gasteiger partial charge is 0.255 e. The van der Waals surface area contributed by atoms with Crippen LogP contribution in [0.25, 0.3) is 0 Å². The molecule has 0 unspecified atom stereocenters. The van der Waals surface area contributed by atoms with Crippen LogP contribution in [0.1, 0.15) is 16.1 Å². The first-order chi connectivity index (χ1) is 12.5. The minimum absolute atomic E-state index is 0.207. The summed E-state index contributed by atoms with van der Waals surface area (Å²) in [5.74, 6) is 0.479. The van der Waals surface area contributed by atoms with Gasteiger partial charge in [0.05, 0.1) is 22.6 Å². The molecule has 134 valence electrons. The summed E-state index contributed by atoms with van der Waals surface area (Å²) in [6, 6.07) is 12.4. The van der Waals surface area contributed by atoms with Crippen molar-refractivity contribution in [3.05, 3.63) is 69.6 Å². The number of carbonyl (C=O) groups is 1. The normalized spacial score (nSPS) is 10.4. The first kappa shape index (κ1) is 18.2. The van der Waals surface area contributed by atoms with E-state index in [0.717, 1.165) is 11.4 Å². The van der Waals surface area contributed by atoms with Gasteiger partial charge in [0.1, 0.15) is 12.4 Å². The van der Waals surface area contributed by atoms with E-state index >= 15 is 0 Å². The molecule has 26 heavy (non-hydrogen) atoms. The third-order valence-corrected chi connectivity index (χ3v) is 4.55. The van der Waals surface area contributed by atoms with Crippen LogP contribution in [0, 0.1) is 0 Å². The lowest BCUT2D eigenvalue weighted by atomic mass is 10.2. The van der Waals surface area contributed by atoms with Gasteiger partial charge in [0.25, 0.3) is 5.91 Å². The van der Waals surface area contributed by atoms with Crippen LogP contribution < -0.4 is 15.0 Å². The molecule has 3 aromatic rings. The van der Waals surface area contributed by atoms with E-state index < -0.39 is 0 Å². The lowest BCUT2D eigenvalue weighted by Gasteiger charge is -2.18. The third kappa shape index (κ3) is 4.53. The number of carbonyl (C=O) groups excluding carboxylic acids is 1. The summed E-state index contributed by atoms with van der Waals surface area (Å²) in [5.41, 5.74) is 4.73. The molecule has 1 heterocycles. The maximum absolute atomic E-state index is 12.5. The van der Waals surface area contributed by atoms with Crippen molar-refractivity contribution < 1.29 is 9.53 Å². The number of hydrogen-bond acceptors (Lipinski definition) is 5. The van der Waals surface area contributed by atoms with Gasteiger partial charge in [-0.3, -0.25) is 4.79 Å². The Bertz CT molecular complexity index is 880. The molecule has 0 saturated heterocycles. The summed E-state index contributed by atoms with van der Waals surface area (Å²) in [6.07, 6.45) is 0. The number of anilines is 2. The molecule has 1 amide bonds. The first-order valence-electron chi connectivity index (χ1n) is 7.91. The number of amides is 1. The van der Waals surface area contributed by atoms with Gasteiger partial charge in [-0.15, -0.1) is 11.3 Å². The zero-order valence-corrected chi connectivity index (χ0v) is 16.0. The second-order valence-electron chi connectivity index (χ2n) is 5.80. The van der Waals surface area contributed by atoms with Crippen molar-refractivity contribution in [1.82, 2.24) is 4.98 Å². The van der Waals surface area contributed by atoms with Gasteiger partial charge in [0.2, 0.25) is 0 Å². The fourth-order valence-electron chi connectivity index (χ4n) is 2.36. The van der Waals surface area contributed by atoms with Gasteiger partial charge in [0, 0.05) is 30.1 Å². The number of halogens is 1. The molecule has 0 radical (unpaired) electrons. The standard InChI is InChI=1S/C19H18ClN3O2S/c1-23(2)18-8-5-14(20)9-17(18)22-19(24)13-3-6-16(7-4-13)25-10-15-11-26-12-21-15/h3-9,11-12H,10H2,1-2H3,(H,22,24). The highest BCUT2D eigenvalue weighted by atomic mass is 35.5. The Morgan fingerprint density at radius 3 is 2.65 bits per heavy atom. The molecule has 0 aliphatic carbocycles. The number of ether oxygens (including phenoxy) is 1. The van der Waals surface area contributed by atoms with Crippen LogP contribution in [0.5, 0.6) is 5.75 Å². The number of hydrogen-bond donors (Lipinski definition) is 1. The maximum atomic E-state index is 12.5. The predicted octanol–water partition coefficient (Wildman–Crippen LogP) is 4.69. The van der Waals surface area contributed by atoms with E-state index in [0.29, 0.717) is 28.6 Å². The lowest BCUT2D eigenvalue weighted by Crippen LogP contribution is -2.16. The number of thiazole rings is 1. The fourth-order valence-corrected chi connectivity index (χ4v) is 3.08. The van der Waals surface area contributed by atoms with Gasteiger partial charge in [-0.05, 0) is 42.5 Å². The Labute approximate surface area is 161 Å². The molecule has 0 aliphatic heterocycles. The monoisotopic (exact) mass is 387 g/mol. The molecule has 3 rings (SSSR count). The summed E-state index contributed by atoms with van der Waals surface area (Å²) in [6.45, 7) is 0.407. The van der Waals surface area contributed by atoms with Crippen LogP contribution in [0.3, 0.4) is 0 Å². The van der Waals surface area contributed by atoms with Gasteiger partial charge in [0.15, 0.2) is 0 Å². The summed E-state index contributed by atoms with van der Waals surface area (Å²) in [7, 11) is 3.82. The highest BCUT2D eigenvalue weighted by Gasteiger charge is 2.11. The highest BCUT2D eigenvalue weighted by Crippen LogP contribution is 2.28. The average molecular weight is 388 g/mol. The van der Waals surface area contributed by atoms with Crippen molar-refractivity contribution >= 4 is 40.2 Å². The fraction of sp³-hybridized carbons (Fsp3) is 0.158. The van der Waals surface area contributed by atoms with Gasteiger partial charge in [-0.2, -0.15) is 0 Å². The van der Waals surface area contributed by atoms with E-state index in [-0.39, 0.29) is 5.91 Å². The Morgan fingerprint density at radius 1 is 1.23 bits per heavy atom. The Kier molecular flexibility index (Phi) is 5.75. The van der Waals surface area contributed by atoms with Gasteiger partial charge in [-0.1, -0.05) is 11.6 Å². The van der Waals surface area contributed by atoms with E-state index in [1.165, 1.54) is 11.3 Å². The predicted molar refractivity (Wildman–Crippen MR) is 107 cm³/mol. The van der Waals surface area contributed by atoms with Crippen molar-refractivity contribution in [3.63, 3.8) is 0 Å². The van der Waals surface area contributed by atoms with Crippen molar-refractivity contribution in [2.45, 2.75) is 6.61 Å². The number of benzene rings is 2. The SMILES string of the molecule is CN(C)c1ccc(Cl)cc1NC(=O)c1ccc(OCc2cscn2)cc1. The number of aromatic nitrogens is 1. The molecule has 1 N–H and O–H groups in total. The van der Waals surface area contributed by atoms with E-state index in [1.54, 1.807) is 41.9 Å². The topological polar surface area (TPSA) is 54.5 Å². The zero-order valence-electron chi connectivity index (χ0n) is 14.4. The summed E-state index contributed by atoms with van der Waals surface area (Å²) >= 11 is 7.59. The van der Waals surface area contributed by atoms with Crippen molar-refractivity contribution in [1.29, 1.82) is 0 Å². The Balaban J connectivity index is 1.68. The lowest BCUT2D eigenvalue weighted by molar-refractivity contribution is 0.102. The van der Waals surface area contributed by atoms with E-state index in [4.69, 9.17) is 16.3 Å². The van der Waals surface area contributed by atoms with Crippen molar-refractivity contribution in [2.24, 2.45) is 0 Å². The van der Waals surface area contributed by atoms with Crippen molar-refractivity contribution in [2.75, 3.05) is 24.3 Å². The largest absolute Gasteiger partial charge is 0.487 e. The molecule has 0 aliphatic rings. The second-order valence-corrected chi connectivity index (χ2v) is 6.96. The van der Waals surface area contributed by atoms with E-state index in [9.17, 15) is 4.79 Å². The Hall–Kier alpha value is -2.57. The molecular weight excluding hydrogens is 370 g/mol.